The van der Waals surface area contributed by atoms with Crippen molar-refractivity contribution in [3.63, 3.8) is 0 Å². The zero-order valence-corrected chi connectivity index (χ0v) is 26.3. The van der Waals surface area contributed by atoms with Gasteiger partial charge < -0.3 is 14.6 Å². The predicted molar refractivity (Wildman–Crippen MR) is 164 cm³/mol. The van der Waals surface area contributed by atoms with Gasteiger partial charge in [-0.1, -0.05) is 45.9 Å². The van der Waals surface area contributed by atoms with Crippen LogP contribution in [0.3, 0.4) is 0 Å². The average Bonchev–Trinajstić information content (AvgIpc) is 3.60. The van der Waals surface area contributed by atoms with Crippen molar-refractivity contribution in [3.05, 3.63) is 64.7 Å². The topological polar surface area (TPSA) is 130 Å². The third-order valence-electron chi connectivity index (χ3n) is 7.89. The first kappa shape index (κ1) is 29.6. The summed E-state index contributed by atoms with van der Waals surface area (Å²) in [7, 11) is -2.16. The number of rotatable bonds is 7. The number of aromatic nitrogens is 2. The number of nitrogens with zero attached hydrogens (tertiary/aromatic N) is 5. The third kappa shape index (κ3) is 5.72. The molecule has 3 aromatic rings. The third-order valence-corrected chi connectivity index (χ3v) is 8.48. The fourth-order valence-electron chi connectivity index (χ4n) is 5.47. The number of carbonyl (C=O) groups is 1. The number of fused-ring (bicyclic) bond motifs is 1. The molecule has 1 atom stereocenters. The second-order valence-corrected chi connectivity index (χ2v) is 14.5. The van der Waals surface area contributed by atoms with Gasteiger partial charge in [0.05, 0.1) is 48.9 Å². The van der Waals surface area contributed by atoms with Crippen LogP contribution in [0.4, 0.5) is 17.1 Å². The Hall–Kier alpha value is -3.93. The molecule has 0 aliphatic carbocycles. The van der Waals surface area contributed by atoms with Crippen LogP contribution in [0.5, 0.6) is 5.75 Å². The molecule has 224 valence electrons. The molecular weight excluding hydrogens is 554 g/mol. The summed E-state index contributed by atoms with van der Waals surface area (Å²) in [6.07, 6.45) is 4.03. The number of hydrogen-bond donors (Lipinski definition) is 2. The second-order valence-electron chi connectivity index (χ2n) is 12.8. The van der Waals surface area contributed by atoms with Crippen molar-refractivity contribution >= 4 is 33.0 Å². The highest BCUT2D eigenvalue weighted by Gasteiger charge is 2.36. The largest absolute Gasteiger partial charge is 0.492 e. The lowest BCUT2D eigenvalue weighted by molar-refractivity contribution is 0.102. The average molecular weight is 594 g/mol. The van der Waals surface area contributed by atoms with Crippen LogP contribution in [0.2, 0.25) is 0 Å². The molecule has 2 N–H and O–H groups in total. The Kier molecular flexibility index (Phi) is 7.33. The molecule has 1 aromatic heterocycles. The van der Waals surface area contributed by atoms with Gasteiger partial charge in [0, 0.05) is 17.5 Å². The van der Waals surface area contributed by atoms with Gasteiger partial charge in [0.2, 0.25) is 10.0 Å². The SMILES string of the molecule is COc1c(NC(=O)c2ccc(C)c(N3CC(c4cnc5n4CCC5(C)C)N=N3)c2)cc(C(C)(C)C)cc1NS(C)(=O)=O. The van der Waals surface area contributed by atoms with E-state index in [1.807, 2.05) is 51.0 Å². The molecule has 5 rings (SSSR count). The molecule has 1 unspecified atom stereocenters. The minimum atomic E-state index is -3.59. The van der Waals surface area contributed by atoms with E-state index in [1.165, 1.54) is 7.11 Å². The Labute approximate surface area is 247 Å². The van der Waals surface area contributed by atoms with Crippen molar-refractivity contribution in [1.82, 2.24) is 9.55 Å². The van der Waals surface area contributed by atoms with Crippen molar-refractivity contribution in [3.8, 4) is 5.75 Å². The van der Waals surface area contributed by atoms with Crippen molar-refractivity contribution in [2.75, 3.05) is 35.0 Å². The monoisotopic (exact) mass is 593 g/mol. The molecule has 2 aliphatic heterocycles. The maximum Gasteiger partial charge on any atom is 0.255 e. The Morgan fingerprint density at radius 3 is 2.52 bits per heavy atom. The fourth-order valence-corrected chi connectivity index (χ4v) is 6.02. The van der Waals surface area contributed by atoms with Gasteiger partial charge in [-0.3, -0.25) is 9.52 Å². The molecule has 11 nitrogen and oxygen atoms in total. The molecular formula is C30H39N7O4S. The molecule has 0 bridgehead atoms. The molecule has 1 amide bonds. The molecule has 0 fully saturated rings. The van der Waals surface area contributed by atoms with Gasteiger partial charge in [0.1, 0.15) is 11.9 Å². The first-order valence-electron chi connectivity index (χ1n) is 13.9. The molecule has 12 heteroatoms. The number of methoxy groups -OCH3 is 1. The van der Waals surface area contributed by atoms with Crippen LogP contribution in [0.25, 0.3) is 0 Å². The van der Waals surface area contributed by atoms with Gasteiger partial charge in [-0.15, -0.1) is 0 Å². The molecule has 0 saturated heterocycles. The number of sulfonamides is 1. The van der Waals surface area contributed by atoms with Gasteiger partial charge in [0.25, 0.3) is 5.91 Å². The molecule has 2 aliphatic rings. The lowest BCUT2D eigenvalue weighted by atomic mass is 9.86. The number of aryl methyl sites for hydroxylation is 1. The number of benzene rings is 2. The van der Waals surface area contributed by atoms with Crippen LogP contribution in [0.15, 0.2) is 46.9 Å². The minimum Gasteiger partial charge on any atom is -0.492 e. The standard InChI is InChI=1S/C30H39N7O4S/c1-18-9-10-19(13-24(18)37-17-23(33-35-37)25-16-31-28-30(5,6)11-12-36(25)28)27(38)32-21-14-20(29(2,3)4)15-22(26(21)41-7)34-42(8,39)40/h9-10,13-16,23,34H,11-12,17H2,1-8H3,(H,32,38). The fraction of sp³-hybridized carbons (Fsp3) is 0.467. The number of hydrogen-bond acceptors (Lipinski definition) is 8. The summed E-state index contributed by atoms with van der Waals surface area (Å²) in [6.45, 7) is 13.9. The lowest BCUT2D eigenvalue weighted by Crippen LogP contribution is -2.20. The molecule has 42 heavy (non-hydrogen) atoms. The van der Waals surface area contributed by atoms with Crippen molar-refractivity contribution in [1.29, 1.82) is 0 Å². The molecule has 0 spiro atoms. The predicted octanol–water partition coefficient (Wildman–Crippen LogP) is 5.73. The maximum absolute atomic E-state index is 13.6. The molecule has 0 radical (unpaired) electrons. The summed E-state index contributed by atoms with van der Waals surface area (Å²) < 4.78 is 34.5. The van der Waals surface area contributed by atoms with E-state index < -0.39 is 10.0 Å². The lowest BCUT2D eigenvalue weighted by Gasteiger charge is -2.24. The second kappa shape index (κ2) is 10.4. The van der Waals surface area contributed by atoms with Crippen molar-refractivity contribution < 1.29 is 17.9 Å². The zero-order valence-electron chi connectivity index (χ0n) is 25.4. The van der Waals surface area contributed by atoms with Crippen LogP contribution >= 0.6 is 0 Å². The quantitative estimate of drug-likeness (QED) is 0.360. The maximum atomic E-state index is 13.6. The number of nitrogens with one attached hydrogen (secondary N) is 2. The highest BCUT2D eigenvalue weighted by molar-refractivity contribution is 7.92. The summed E-state index contributed by atoms with van der Waals surface area (Å²) in [4.78, 5) is 18.3. The zero-order chi connectivity index (χ0) is 30.6. The normalized spacial score (nSPS) is 17.8. The van der Waals surface area contributed by atoms with Crippen LogP contribution in [-0.2, 0) is 27.4 Å². The van der Waals surface area contributed by atoms with E-state index in [-0.39, 0.29) is 34.2 Å². The Bertz CT molecular complexity index is 1690. The molecule has 2 aromatic carbocycles. The van der Waals surface area contributed by atoms with E-state index >= 15 is 0 Å². The minimum absolute atomic E-state index is 0.0443. The van der Waals surface area contributed by atoms with Gasteiger partial charge in [-0.25, -0.2) is 18.4 Å². The van der Waals surface area contributed by atoms with E-state index in [0.717, 1.165) is 47.6 Å². The highest BCUT2D eigenvalue weighted by atomic mass is 32.2. The summed E-state index contributed by atoms with van der Waals surface area (Å²) >= 11 is 0. The van der Waals surface area contributed by atoms with E-state index in [4.69, 9.17) is 4.74 Å². The first-order chi connectivity index (χ1) is 19.6. The smallest absolute Gasteiger partial charge is 0.255 e. The number of imidazole rings is 1. The van der Waals surface area contributed by atoms with E-state index in [1.54, 1.807) is 18.2 Å². The summed E-state index contributed by atoms with van der Waals surface area (Å²) in [6, 6.07) is 8.81. The van der Waals surface area contributed by atoms with E-state index in [0.29, 0.717) is 17.8 Å². The molecule has 3 heterocycles. The van der Waals surface area contributed by atoms with Crippen molar-refractivity contribution in [2.24, 2.45) is 10.3 Å². The Morgan fingerprint density at radius 1 is 1.14 bits per heavy atom. The number of ether oxygens (including phenoxy) is 1. The van der Waals surface area contributed by atoms with Crippen LogP contribution in [0.1, 0.15) is 80.1 Å². The van der Waals surface area contributed by atoms with Crippen molar-refractivity contribution in [2.45, 2.75) is 71.4 Å². The van der Waals surface area contributed by atoms with E-state index in [9.17, 15) is 13.2 Å². The number of amides is 1. The number of carbonyl (C=O) groups excluding carboxylic acids is 1. The Balaban J connectivity index is 1.41. The Morgan fingerprint density at radius 2 is 1.86 bits per heavy atom. The van der Waals surface area contributed by atoms with E-state index in [2.05, 4.69) is 43.8 Å². The van der Waals surface area contributed by atoms with Gasteiger partial charge in [0.15, 0.2) is 5.75 Å². The highest BCUT2D eigenvalue weighted by Crippen LogP contribution is 2.40. The van der Waals surface area contributed by atoms with Crippen LogP contribution in [0, 0.1) is 6.92 Å². The van der Waals surface area contributed by atoms with Gasteiger partial charge in [-0.05, 0) is 54.2 Å². The number of anilines is 3. The van der Waals surface area contributed by atoms with Gasteiger partial charge in [-0.2, -0.15) is 5.11 Å². The summed E-state index contributed by atoms with van der Waals surface area (Å²) in [5.74, 6) is 0.943. The summed E-state index contributed by atoms with van der Waals surface area (Å²) in [5.41, 5.74) is 4.38. The van der Waals surface area contributed by atoms with Crippen LogP contribution < -0.4 is 19.8 Å². The summed E-state index contributed by atoms with van der Waals surface area (Å²) in [5, 5.41) is 13.8. The van der Waals surface area contributed by atoms with Gasteiger partial charge >= 0.3 is 0 Å². The first-order valence-corrected chi connectivity index (χ1v) is 15.8. The van der Waals surface area contributed by atoms with Crippen LogP contribution in [-0.4, -0.2) is 43.8 Å². The molecule has 0 saturated carbocycles.